The van der Waals surface area contributed by atoms with Gasteiger partial charge in [0.05, 0.1) is 0 Å². The molecule has 0 spiro atoms. The van der Waals surface area contributed by atoms with E-state index >= 15 is 0 Å². The molecule has 3 rings (SSSR count). The predicted octanol–water partition coefficient (Wildman–Crippen LogP) is 5.02. The van der Waals surface area contributed by atoms with Crippen LogP contribution >= 0.6 is 0 Å². The predicted molar refractivity (Wildman–Crippen MR) is 94.7 cm³/mol. The smallest absolute Gasteiger partial charge is 0.432 e. The molecule has 0 aliphatic carbocycles. The van der Waals surface area contributed by atoms with Crippen LogP contribution in [0.1, 0.15) is 17.7 Å². The van der Waals surface area contributed by atoms with Gasteiger partial charge in [0.2, 0.25) is 11.8 Å². The van der Waals surface area contributed by atoms with Crippen LogP contribution in [-0.4, -0.2) is 21.3 Å². The van der Waals surface area contributed by atoms with Gasteiger partial charge in [-0.15, -0.1) is 5.10 Å². The molecule has 0 atom stereocenters. The molecule has 1 aromatic heterocycles. The summed E-state index contributed by atoms with van der Waals surface area (Å²) in [6.07, 6.45) is -3.94. The zero-order valence-electron chi connectivity index (χ0n) is 14.5. The number of rotatable bonds is 6. The largest absolute Gasteiger partial charge is 0.457 e. The first-order valence-electron chi connectivity index (χ1n) is 8.27. The van der Waals surface area contributed by atoms with Gasteiger partial charge in [-0.2, -0.15) is 13.2 Å². The second-order valence-electron chi connectivity index (χ2n) is 5.77. The molecule has 0 radical (unpaired) electrons. The van der Waals surface area contributed by atoms with Gasteiger partial charge in [-0.3, -0.25) is 5.10 Å². The number of nitrogens with one attached hydrogen (secondary N) is 1. The van der Waals surface area contributed by atoms with Crippen molar-refractivity contribution >= 4 is 5.90 Å². The molecule has 0 saturated heterocycles. The number of nitrogens with zero attached hydrogens (tertiary/aromatic N) is 2. The van der Waals surface area contributed by atoms with Gasteiger partial charge in [0.15, 0.2) is 0 Å². The summed E-state index contributed by atoms with van der Waals surface area (Å²) in [5.41, 5.74) is -0.142. The highest BCUT2D eigenvalue weighted by atomic mass is 19.4. The van der Waals surface area contributed by atoms with Crippen LogP contribution in [0.4, 0.5) is 13.2 Å². The normalized spacial score (nSPS) is 12.0. The maximum Gasteiger partial charge on any atom is 0.432 e. The third kappa shape index (κ3) is 5.26. The van der Waals surface area contributed by atoms with Gasteiger partial charge < -0.3 is 14.7 Å². The number of benzene rings is 2. The number of aromatic amines is 1. The van der Waals surface area contributed by atoms with Crippen molar-refractivity contribution in [3.05, 3.63) is 71.9 Å². The van der Waals surface area contributed by atoms with Gasteiger partial charge in [0.1, 0.15) is 17.2 Å². The lowest BCUT2D eigenvalue weighted by Gasteiger charge is -2.07. The highest BCUT2D eigenvalue weighted by Crippen LogP contribution is 2.29. The summed E-state index contributed by atoms with van der Waals surface area (Å²) in [6, 6.07) is 17.3. The molecule has 0 aliphatic rings. The number of halogens is 3. The van der Waals surface area contributed by atoms with Crippen LogP contribution in [0.25, 0.3) is 0 Å². The van der Waals surface area contributed by atoms with E-state index in [4.69, 9.17) is 14.7 Å². The fourth-order valence-corrected chi connectivity index (χ4v) is 2.34. The van der Waals surface area contributed by atoms with Crippen LogP contribution in [0.5, 0.6) is 17.4 Å². The van der Waals surface area contributed by atoms with Crippen LogP contribution < -0.4 is 9.47 Å². The van der Waals surface area contributed by atoms with Crippen molar-refractivity contribution in [3.63, 3.8) is 0 Å². The highest BCUT2D eigenvalue weighted by Gasteiger charge is 2.33. The van der Waals surface area contributed by atoms with Crippen molar-refractivity contribution in [2.75, 3.05) is 0 Å². The molecule has 0 fully saturated rings. The van der Waals surface area contributed by atoms with E-state index in [2.05, 4.69) is 10.3 Å². The van der Waals surface area contributed by atoms with E-state index in [1.165, 1.54) is 0 Å². The van der Waals surface area contributed by atoms with Gasteiger partial charge in [-0.1, -0.05) is 35.5 Å². The molecule has 28 heavy (non-hydrogen) atoms. The molecule has 3 aromatic rings. The molecule has 0 unspecified atom stereocenters. The summed E-state index contributed by atoms with van der Waals surface area (Å²) >= 11 is 0. The Kier molecular flexibility index (Phi) is 5.83. The topological polar surface area (TPSA) is 79.7 Å². The van der Waals surface area contributed by atoms with E-state index in [1.807, 2.05) is 47.6 Å². The first-order valence-corrected chi connectivity index (χ1v) is 8.27. The summed E-state index contributed by atoms with van der Waals surface area (Å²) in [4.78, 5) is 0. The van der Waals surface area contributed by atoms with E-state index < -0.39 is 11.9 Å². The van der Waals surface area contributed by atoms with E-state index in [-0.39, 0.29) is 18.2 Å². The van der Waals surface area contributed by atoms with E-state index in [1.54, 1.807) is 12.1 Å². The zero-order valence-corrected chi connectivity index (χ0v) is 14.5. The highest BCUT2D eigenvalue weighted by molar-refractivity contribution is 5.77. The Morgan fingerprint density at radius 2 is 1.71 bits per heavy atom. The van der Waals surface area contributed by atoms with E-state index in [9.17, 15) is 13.2 Å². The minimum absolute atomic E-state index is 0.148. The van der Waals surface area contributed by atoms with Gasteiger partial charge in [0, 0.05) is 12.5 Å². The lowest BCUT2D eigenvalue weighted by molar-refractivity contribution is -0.141. The second-order valence-corrected chi connectivity index (χ2v) is 5.77. The first-order chi connectivity index (χ1) is 13.4. The molecule has 9 heteroatoms. The Morgan fingerprint density at radius 1 is 1.04 bits per heavy atom. The molecule has 2 aromatic carbocycles. The third-order valence-corrected chi connectivity index (χ3v) is 3.72. The van der Waals surface area contributed by atoms with Gasteiger partial charge >= 0.3 is 6.18 Å². The Morgan fingerprint density at radius 3 is 2.32 bits per heavy atom. The maximum absolute atomic E-state index is 12.5. The molecular weight excluding hydrogens is 375 g/mol. The first kappa shape index (κ1) is 19.3. The Labute approximate surface area is 158 Å². The molecule has 0 bridgehead atoms. The average molecular weight is 391 g/mol. The number of oxime groups is 1. The van der Waals surface area contributed by atoms with Crippen molar-refractivity contribution in [2.45, 2.75) is 19.0 Å². The van der Waals surface area contributed by atoms with Crippen molar-refractivity contribution in [3.8, 4) is 17.4 Å². The molecule has 146 valence electrons. The molecular formula is C19H16F3N3O3. The molecule has 0 amide bonds. The van der Waals surface area contributed by atoms with Crippen molar-refractivity contribution in [1.29, 1.82) is 0 Å². The number of hydrogen-bond donors (Lipinski definition) is 2. The van der Waals surface area contributed by atoms with Crippen molar-refractivity contribution < 1.29 is 27.9 Å². The SMILES string of the molecule is O/N=C(\CCc1ccc(Oc2ccccc2)cc1)Oc1cc(C(F)(F)F)[nH]n1. The Hall–Kier alpha value is -3.49. The van der Waals surface area contributed by atoms with Gasteiger partial charge in [-0.25, -0.2) is 0 Å². The number of alkyl halides is 3. The Bertz CT molecular complexity index is 923. The summed E-state index contributed by atoms with van der Waals surface area (Å²) < 4.78 is 48.4. The van der Waals surface area contributed by atoms with Crippen LogP contribution in [0.2, 0.25) is 0 Å². The van der Waals surface area contributed by atoms with Crippen LogP contribution in [0.15, 0.2) is 65.8 Å². The summed E-state index contributed by atoms with van der Waals surface area (Å²) in [5.74, 6) is 0.908. The number of aryl methyl sites for hydroxylation is 1. The number of aromatic nitrogens is 2. The van der Waals surface area contributed by atoms with Crippen molar-refractivity contribution in [2.24, 2.45) is 5.16 Å². The minimum atomic E-state index is -4.56. The molecule has 6 nitrogen and oxygen atoms in total. The van der Waals surface area contributed by atoms with Gasteiger partial charge in [0.25, 0.3) is 0 Å². The lowest BCUT2D eigenvalue weighted by Crippen LogP contribution is -2.10. The zero-order chi connectivity index (χ0) is 20.0. The van der Waals surface area contributed by atoms with Crippen LogP contribution in [-0.2, 0) is 12.6 Å². The van der Waals surface area contributed by atoms with E-state index in [0.717, 1.165) is 11.3 Å². The van der Waals surface area contributed by atoms with Crippen LogP contribution in [0.3, 0.4) is 0 Å². The number of para-hydroxylation sites is 1. The average Bonchev–Trinajstić information content (AvgIpc) is 3.16. The molecule has 0 aliphatic heterocycles. The Balaban J connectivity index is 1.54. The van der Waals surface area contributed by atoms with Crippen LogP contribution in [0, 0.1) is 0 Å². The summed E-state index contributed by atoms with van der Waals surface area (Å²) in [7, 11) is 0. The summed E-state index contributed by atoms with van der Waals surface area (Å²) in [5, 5.41) is 17.2. The third-order valence-electron chi connectivity index (χ3n) is 3.72. The monoisotopic (exact) mass is 391 g/mol. The number of H-pyrrole nitrogens is 1. The minimum Gasteiger partial charge on any atom is -0.457 e. The van der Waals surface area contributed by atoms with E-state index in [0.29, 0.717) is 18.2 Å². The molecule has 1 heterocycles. The number of hydrogen-bond acceptors (Lipinski definition) is 5. The van der Waals surface area contributed by atoms with Gasteiger partial charge in [-0.05, 0) is 36.2 Å². The quantitative estimate of drug-likeness (QED) is 0.268. The number of ether oxygens (including phenoxy) is 2. The lowest BCUT2D eigenvalue weighted by atomic mass is 10.1. The standard InChI is InChI=1S/C19H16F3N3O3/c20-19(21,22)16-12-18(24-23-16)28-17(25-26)11-8-13-6-9-15(10-7-13)27-14-4-2-1-3-5-14/h1-7,9-10,12,26H,8,11H2,(H,23,24)/b25-17+. The fourth-order valence-electron chi connectivity index (χ4n) is 2.34. The maximum atomic E-state index is 12.5. The van der Waals surface area contributed by atoms with Crippen molar-refractivity contribution in [1.82, 2.24) is 10.2 Å². The second kappa shape index (κ2) is 8.47. The summed E-state index contributed by atoms with van der Waals surface area (Å²) in [6.45, 7) is 0. The molecule has 2 N–H and O–H groups in total. The molecule has 0 saturated carbocycles. The fraction of sp³-hybridized carbons (Fsp3) is 0.158.